The Morgan fingerprint density at radius 2 is 1.78 bits per heavy atom. The summed E-state index contributed by atoms with van der Waals surface area (Å²) in [6, 6.07) is 17.6. The molecule has 164 valence electrons. The summed E-state index contributed by atoms with van der Waals surface area (Å²) in [4.78, 5) is 6.51. The van der Waals surface area contributed by atoms with E-state index >= 15 is 0 Å². The minimum Gasteiger partial charge on any atom is -0.398 e. The summed E-state index contributed by atoms with van der Waals surface area (Å²) in [5, 5.41) is 26.9. The lowest BCUT2D eigenvalue weighted by molar-refractivity contribution is 0.0792. The molecule has 0 aliphatic carbocycles. The number of rotatable bonds is 7. The Kier molecular flexibility index (Phi) is 6.73. The second-order valence-corrected chi connectivity index (χ2v) is 8.40. The number of aliphatic hydroxyl groups excluding tert-OH is 1. The molecule has 0 bridgehead atoms. The fourth-order valence-corrected chi connectivity index (χ4v) is 4.11. The number of nitrogens with two attached hydrogens (primary N) is 1. The van der Waals surface area contributed by atoms with Crippen LogP contribution in [0.3, 0.4) is 0 Å². The van der Waals surface area contributed by atoms with Crippen LogP contribution in [-0.4, -0.2) is 45.6 Å². The van der Waals surface area contributed by atoms with Gasteiger partial charge in [0, 0.05) is 55.3 Å². The van der Waals surface area contributed by atoms with E-state index in [2.05, 4.69) is 22.0 Å². The van der Waals surface area contributed by atoms with Crippen LogP contribution >= 0.6 is 0 Å². The van der Waals surface area contributed by atoms with Gasteiger partial charge in [-0.1, -0.05) is 36.4 Å². The predicted octanol–water partition coefficient (Wildman–Crippen LogP) is 3.92. The van der Waals surface area contributed by atoms with Gasteiger partial charge in [-0.3, -0.25) is 15.3 Å². The highest BCUT2D eigenvalue weighted by Crippen LogP contribution is 2.24. The van der Waals surface area contributed by atoms with Crippen molar-refractivity contribution in [2.24, 2.45) is 0 Å². The van der Waals surface area contributed by atoms with Crippen molar-refractivity contribution in [1.82, 2.24) is 9.88 Å². The van der Waals surface area contributed by atoms with Crippen molar-refractivity contribution in [1.29, 1.82) is 10.8 Å². The van der Waals surface area contributed by atoms with Gasteiger partial charge in [-0.05, 0) is 47.7 Å². The Morgan fingerprint density at radius 1 is 1.00 bits per heavy atom. The molecule has 6 heteroatoms. The lowest BCUT2D eigenvalue weighted by Gasteiger charge is -2.29. The fraction of sp³-hybridized carbons (Fsp3) is 0.269. The van der Waals surface area contributed by atoms with Gasteiger partial charge in [0.25, 0.3) is 0 Å². The largest absolute Gasteiger partial charge is 0.398 e. The van der Waals surface area contributed by atoms with Crippen molar-refractivity contribution >= 4 is 17.1 Å². The molecule has 0 amide bonds. The number of nitrogen functional groups attached to an aromatic ring is 1. The van der Waals surface area contributed by atoms with Gasteiger partial charge in [0.15, 0.2) is 0 Å². The summed E-state index contributed by atoms with van der Waals surface area (Å²) in [5.41, 5.74) is 11.7. The molecule has 32 heavy (non-hydrogen) atoms. The van der Waals surface area contributed by atoms with Crippen LogP contribution in [-0.2, 0) is 13.0 Å². The van der Waals surface area contributed by atoms with Gasteiger partial charge < -0.3 is 16.2 Å². The number of piperidine rings is 1. The number of aromatic nitrogens is 1. The molecule has 1 aliphatic rings. The average Bonchev–Trinajstić information content (AvgIpc) is 2.81. The highest BCUT2D eigenvalue weighted by molar-refractivity contribution is 6.47. The van der Waals surface area contributed by atoms with E-state index in [0.717, 1.165) is 49.2 Å². The molecule has 2 heterocycles. The Hall–Kier alpha value is -3.35. The molecule has 1 fully saturated rings. The van der Waals surface area contributed by atoms with Gasteiger partial charge in [-0.2, -0.15) is 0 Å². The topological polar surface area (TPSA) is 110 Å². The normalized spacial score (nSPS) is 14.9. The van der Waals surface area contributed by atoms with Gasteiger partial charge in [0.2, 0.25) is 0 Å². The Morgan fingerprint density at radius 3 is 2.53 bits per heavy atom. The van der Waals surface area contributed by atoms with E-state index in [1.165, 1.54) is 5.56 Å². The third-order valence-electron chi connectivity index (χ3n) is 5.95. The third kappa shape index (κ3) is 5.28. The number of benzene rings is 2. The van der Waals surface area contributed by atoms with Crippen LogP contribution in [0.1, 0.15) is 29.5 Å². The zero-order chi connectivity index (χ0) is 22.5. The highest BCUT2D eigenvalue weighted by Gasteiger charge is 2.17. The van der Waals surface area contributed by atoms with Gasteiger partial charge >= 0.3 is 0 Å². The van der Waals surface area contributed by atoms with Crippen LogP contribution in [0.4, 0.5) is 5.69 Å². The summed E-state index contributed by atoms with van der Waals surface area (Å²) in [6.07, 6.45) is 5.35. The first-order valence-electron chi connectivity index (χ1n) is 10.9. The number of nitrogens with zero attached hydrogens (tertiary/aromatic N) is 2. The predicted molar refractivity (Wildman–Crippen MR) is 129 cm³/mol. The maximum Gasteiger partial charge on any atom is 0.0844 e. The van der Waals surface area contributed by atoms with Crippen molar-refractivity contribution in [3.8, 4) is 11.1 Å². The molecule has 0 atom stereocenters. The van der Waals surface area contributed by atoms with Crippen LogP contribution in [0.25, 0.3) is 11.1 Å². The minimum absolute atomic E-state index is 0.142. The Labute approximate surface area is 188 Å². The molecule has 1 aromatic heterocycles. The molecule has 2 aromatic carbocycles. The van der Waals surface area contributed by atoms with E-state index in [4.69, 9.17) is 16.6 Å². The van der Waals surface area contributed by atoms with Crippen molar-refractivity contribution < 1.29 is 5.11 Å². The third-order valence-corrected chi connectivity index (χ3v) is 5.95. The van der Waals surface area contributed by atoms with E-state index in [1.807, 2.05) is 36.4 Å². The fourth-order valence-electron chi connectivity index (χ4n) is 4.11. The van der Waals surface area contributed by atoms with Crippen molar-refractivity contribution in [2.45, 2.75) is 31.9 Å². The van der Waals surface area contributed by atoms with E-state index in [-0.39, 0.29) is 17.5 Å². The quantitative estimate of drug-likeness (QED) is 0.338. The maximum absolute atomic E-state index is 9.70. The molecule has 5 N–H and O–H groups in total. The first kappa shape index (κ1) is 21.9. The average molecular weight is 428 g/mol. The van der Waals surface area contributed by atoms with Gasteiger partial charge in [0.1, 0.15) is 0 Å². The summed E-state index contributed by atoms with van der Waals surface area (Å²) in [6.45, 7) is 2.64. The minimum atomic E-state index is -0.173. The molecule has 0 spiro atoms. The molecule has 0 saturated carbocycles. The number of likely N-dealkylation sites (tertiary alicyclic amines) is 1. The molecule has 1 saturated heterocycles. The molecule has 6 nitrogen and oxygen atoms in total. The molecular formula is C26H29N5O. The van der Waals surface area contributed by atoms with Crippen molar-refractivity contribution in [3.05, 3.63) is 83.7 Å². The molecule has 1 aliphatic heterocycles. The van der Waals surface area contributed by atoms with E-state index in [0.29, 0.717) is 17.7 Å². The lowest BCUT2D eigenvalue weighted by Crippen LogP contribution is -2.35. The molecule has 0 radical (unpaired) electrons. The zero-order valence-electron chi connectivity index (χ0n) is 18.1. The molecule has 0 unspecified atom stereocenters. The van der Waals surface area contributed by atoms with Crippen LogP contribution in [0.5, 0.6) is 0 Å². The number of hydrogen-bond acceptors (Lipinski definition) is 6. The number of hydrogen-bond donors (Lipinski definition) is 4. The Bertz CT molecular complexity index is 1100. The number of pyridine rings is 1. The van der Waals surface area contributed by atoms with Crippen molar-refractivity contribution in [2.75, 3.05) is 18.8 Å². The second kappa shape index (κ2) is 9.85. The van der Waals surface area contributed by atoms with Crippen molar-refractivity contribution in [3.63, 3.8) is 0 Å². The van der Waals surface area contributed by atoms with Crippen LogP contribution < -0.4 is 5.73 Å². The van der Waals surface area contributed by atoms with Crippen LogP contribution in [0.15, 0.2) is 67.0 Å². The van der Waals surface area contributed by atoms with E-state index in [1.54, 1.807) is 18.5 Å². The molecular weight excluding hydrogens is 398 g/mol. The van der Waals surface area contributed by atoms with E-state index < -0.39 is 0 Å². The summed E-state index contributed by atoms with van der Waals surface area (Å²) in [7, 11) is 0. The zero-order valence-corrected chi connectivity index (χ0v) is 18.1. The smallest absolute Gasteiger partial charge is 0.0844 e. The number of aliphatic hydroxyl groups is 1. The molecule has 4 rings (SSSR count). The Balaban J connectivity index is 1.46. The first-order chi connectivity index (χ1) is 15.5. The summed E-state index contributed by atoms with van der Waals surface area (Å²) < 4.78 is 0. The number of anilines is 1. The summed E-state index contributed by atoms with van der Waals surface area (Å²) >= 11 is 0. The van der Waals surface area contributed by atoms with Crippen LogP contribution in [0, 0.1) is 10.8 Å². The van der Waals surface area contributed by atoms with Crippen LogP contribution in [0.2, 0.25) is 0 Å². The second-order valence-electron chi connectivity index (χ2n) is 8.40. The van der Waals surface area contributed by atoms with Gasteiger partial charge in [0.05, 0.1) is 17.5 Å². The summed E-state index contributed by atoms with van der Waals surface area (Å²) in [5.74, 6) is 0. The standard InChI is InChI=1S/C26H29N5O/c27-24-7-6-20(21-5-2-10-30-16-21)15-23(24)26(29)25(28)14-18-3-1-4-19(13-18)17-31-11-8-22(32)9-12-31/h1-7,10,13,15-16,22,28-29,32H,8-9,11-12,14,17,27H2. The highest BCUT2D eigenvalue weighted by atomic mass is 16.3. The number of nitrogens with one attached hydrogen (secondary N) is 2. The van der Waals surface area contributed by atoms with E-state index in [9.17, 15) is 5.11 Å². The SMILES string of the molecule is N=C(Cc1cccc(CN2CCC(O)CC2)c1)C(=N)c1cc(-c2cccnc2)ccc1N. The monoisotopic (exact) mass is 427 g/mol. The maximum atomic E-state index is 9.70. The van der Waals surface area contributed by atoms with Gasteiger partial charge in [-0.15, -0.1) is 0 Å². The first-order valence-corrected chi connectivity index (χ1v) is 10.9. The van der Waals surface area contributed by atoms with Gasteiger partial charge in [-0.25, -0.2) is 0 Å². The lowest BCUT2D eigenvalue weighted by atomic mass is 9.95. The molecule has 3 aromatic rings.